The second-order valence-electron chi connectivity index (χ2n) is 12.6. The maximum Gasteiger partial charge on any atom is 0.162 e. The van der Waals surface area contributed by atoms with Gasteiger partial charge in [0.1, 0.15) is 5.82 Å². The van der Waals surface area contributed by atoms with Gasteiger partial charge in [0.15, 0.2) is 5.78 Å². The van der Waals surface area contributed by atoms with Crippen LogP contribution in [0.15, 0.2) is 107 Å². The Morgan fingerprint density at radius 3 is 2.00 bits per heavy atom. The molecule has 1 unspecified atom stereocenters. The molecular formula is C40H48Cl2FN3O2S. The van der Waals surface area contributed by atoms with E-state index in [-0.39, 0.29) is 24.0 Å². The van der Waals surface area contributed by atoms with Gasteiger partial charge in [0, 0.05) is 52.5 Å². The van der Waals surface area contributed by atoms with E-state index in [4.69, 9.17) is 11.6 Å². The Kier molecular flexibility index (Phi) is 14.6. The monoisotopic (exact) mass is 723 g/mol. The van der Waals surface area contributed by atoms with Crippen LogP contribution in [0.5, 0.6) is 0 Å². The van der Waals surface area contributed by atoms with Gasteiger partial charge in [-0.2, -0.15) is 0 Å². The van der Waals surface area contributed by atoms with E-state index in [9.17, 15) is 14.3 Å². The van der Waals surface area contributed by atoms with E-state index >= 15 is 0 Å². The number of benzene rings is 4. The van der Waals surface area contributed by atoms with Crippen molar-refractivity contribution >= 4 is 52.9 Å². The number of halogens is 3. The lowest BCUT2D eigenvalue weighted by Gasteiger charge is -2.38. The van der Waals surface area contributed by atoms with Crippen molar-refractivity contribution in [3.8, 4) is 0 Å². The summed E-state index contributed by atoms with van der Waals surface area (Å²) in [6.07, 6.45) is 2.54. The highest BCUT2D eigenvalue weighted by Crippen LogP contribution is 2.47. The molecule has 0 spiro atoms. The third-order valence-electron chi connectivity index (χ3n) is 9.52. The van der Waals surface area contributed by atoms with Crippen molar-refractivity contribution in [2.24, 2.45) is 0 Å². The van der Waals surface area contributed by atoms with Crippen molar-refractivity contribution in [2.75, 3.05) is 44.2 Å². The number of hydrogen-bond donors (Lipinski definition) is 1. The molecule has 4 aromatic rings. The van der Waals surface area contributed by atoms with Crippen LogP contribution in [0.25, 0.3) is 0 Å². The highest BCUT2D eigenvalue weighted by Gasteiger charge is 2.33. The molecule has 2 aliphatic heterocycles. The number of carbonyl (C=O) groups is 1. The zero-order chi connectivity index (χ0) is 34.1. The first-order chi connectivity index (χ1) is 23.2. The maximum absolute atomic E-state index is 12.9. The fraction of sp³-hybridized carbons (Fsp3) is 0.375. The first-order valence-electron chi connectivity index (χ1n) is 17.1. The summed E-state index contributed by atoms with van der Waals surface area (Å²) in [7, 11) is 0. The molecule has 1 saturated heterocycles. The van der Waals surface area contributed by atoms with Crippen LogP contribution in [0, 0.1) is 5.82 Å². The molecular weight excluding hydrogens is 676 g/mol. The van der Waals surface area contributed by atoms with E-state index in [0.29, 0.717) is 35.9 Å². The molecule has 0 aromatic heterocycles. The molecule has 262 valence electrons. The molecule has 4 aromatic carbocycles. The molecule has 0 aliphatic carbocycles. The second-order valence-corrected chi connectivity index (χ2v) is 14.2. The van der Waals surface area contributed by atoms with E-state index in [1.807, 2.05) is 36.0 Å². The number of hydrogen-bond acceptors (Lipinski definition) is 6. The predicted octanol–water partition coefficient (Wildman–Crippen LogP) is 9.87. The summed E-state index contributed by atoms with van der Waals surface area (Å²) in [5, 5.41) is 11.5. The number of anilines is 2. The minimum Gasteiger partial charge on any atom is -0.385 e. The molecule has 2 aliphatic rings. The molecule has 0 bridgehead atoms. The topological polar surface area (TPSA) is 47.0 Å². The summed E-state index contributed by atoms with van der Waals surface area (Å²) in [6.45, 7) is 12.5. The molecule has 2 heterocycles. The van der Waals surface area contributed by atoms with Crippen LogP contribution >= 0.6 is 35.8 Å². The fourth-order valence-electron chi connectivity index (χ4n) is 6.64. The Balaban J connectivity index is 0.000000219. The van der Waals surface area contributed by atoms with Crippen LogP contribution in [0.3, 0.4) is 0 Å². The van der Waals surface area contributed by atoms with Gasteiger partial charge >= 0.3 is 0 Å². The summed E-state index contributed by atoms with van der Waals surface area (Å²) in [6, 6.07) is 31.1. The number of nitrogens with zero attached hydrogens (tertiary/aromatic N) is 3. The highest BCUT2D eigenvalue weighted by molar-refractivity contribution is 7.99. The number of Topliss-reactive ketones (excluding diaryl/α,β-unsaturated/α-hetero) is 1. The summed E-state index contributed by atoms with van der Waals surface area (Å²) in [5.41, 5.74) is 3.34. The Morgan fingerprint density at radius 2 is 1.45 bits per heavy atom. The summed E-state index contributed by atoms with van der Waals surface area (Å²) in [4.78, 5) is 22.1. The van der Waals surface area contributed by atoms with Crippen LogP contribution in [0.4, 0.5) is 15.8 Å². The van der Waals surface area contributed by atoms with E-state index in [2.05, 4.69) is 84.0 Å². The Bertz CT molecular complexity index is 1580. The van der Waals surface area contributed by atoms with Crippen LogP contribution in [-0.2, 0) is 5.60 Å². The van der Waals surface area contributed by atoms with Gasteiger partial charge in [-0.15, -0.1) is 12.4 Å². The Labute approximate surface area is 306 Å². The lowest BCUT2D eigenvalue weighted by Crippen LogP contribution is -2.42. The smallest absolute Gasteiger partial charge is 0.162 e. The zero-order valence-electron chi connectivity index (χ0n) is 28.7. The van der Waals surface area contributed by atoms with E-state index < -0.39 is 5.60 Å². The second kappa shape index (κ2) is 18.4. The quantitative estimate of drug-likeness (QED) is 0.156. The maximum atomic E-state index is 12.9. The van der Waals surface area contributed by atoms with Gasteiger partial charge in [-0.3, -0.25) is 9.69 Å². The van der Waals surface area contributed by atoms with Crippen molar-refractivity contribution in [1.29, 1.82) is 0 Å². The average Bonchev–Trinajstić information content (AvgIpc) is 3.10. The molecule has 1 N–H and O–H groups in total. The first kappa shape index (κ1) is 38.9. The lowest BCUT2D eigenvalue weighted by atomic mass is 9.84. The van der Waals surface area contributed by atoms with E-state index in [0.717, 1.165) is 51.3 Å². The molecule has 0 radical (unpaired) electrons. The number of ketones is 1. The van der Waals surface area contributed by atoms with E-state index in [1.165, 1.54) is 45.4 Å². The van der Waals surface area contributed by atoms with E-state index in [1.54, 1.807) is 0 Å². The standard InChI is InChI=1S/C21H23ClFNO2.C19H24N2S.ClH/c22-18-7-5-17(6-8-18)21(26)11-14-24(15-12-21)13-1-2-20(25)16-3-9-19(23)10-4-16;1-4-20(5-2)15(3)14-21-16-10-6-8-12-18(16)22-19-13-9-7-11-17(19)21;/h3-10,26H,1-2,11-15H2;6-13,15H,4-5,14H2,1-3H3;1H. The largest absolute Gasteiger partial charge is 0.385 e. The zero-order valence-corrected chi connectivity index (χ0v) is 31.0. The molecule has 0 amide bonds. The SMILES string of the molecule is CCN(CC)C(C)CN1c2ccccc2Sc2ccccc21.Cl.O=C(CCCN1CCC(O)(c2ccc(Cl)cc2)CC1)c1ccc(F)cc1. The molecule has 1 atom stereocenters. The van der Waals surface area contributed by atoms with Gasteiger partial charge in [-0.05, 0) is 112 Å². The van der Waals surface area contributed by atoms with Gasteiger partial charge in [-0.1, -0.05) is 73.6 Å². The number of aliphatic hydroxyl groups is 1. The van der Waals surface area contributed by atoms with Gasteiger partial charge in [0.05, 0.1) is 17.0 Å². The summed E-state index contributed by atoms with van der Waals surface area (Å²) < 4.78 is 12.9. The molecule has 1 fully saturated rings. The van der Waals surface area contributed by atoms with Crippen molar-refractivity contribution < 1.29 is 14.3 Å². The number of rotatable bonds is 11. The minimum absolute atomic E-state index is 0. The minimum atomic E-state index is -0.801. The highest BCUT2D eigenvalue weighted by atomic mass is 35.5. The molecule has 49 heavy (non-hydrogen) atoms. The van der Waals surface area contributed by atoms with Gasteiger partial charge in [0.2, 0.25) is 0 Å². The van der Waals surface area contributed by atoms with Crippen molar-refractivity contribution in [3.05, 3.63) is 119 Å². The lowest BCUT2D eigenvalue weighted by molar-refractivity contribution is -0.0260. The van der Waals surface area contributed by atoms with Gasteiger partial charge in [0.25, 0.3) is 0 Å². The third-order valence-corrected chi connectivity index (χ3v) is 10.9. The Hall–Kier alpha value is -2.91. The normalized spacial score (nSPS) is 15.7. The van der Waals surface area contributed by atoms with Crippen LogP contribution in [0.1, 0.15) is 62.4 Å². The number of carbonyl (C=O) groups excluding carboxylic acids is 1. The van der Waals surface area contributed by atoms with Gasteiger partial charge in [-0.25, -0.2) is 4.39 Å². The third kappa shape index (κ3) is 10.1. The fourth-order valence-corrected chi connectivity index (χ4v) is 7.86. The Morgan fingerprint density at radius 1 is 0.898 bits per heavy atom. The molecule has 6 rings (SSSR count). The molecule has 9 heteroatoms. The summed E-state index contributed by atoms with van der Waals surface area (Å²) >= 11 is 7.80. The number of likely N-dealkylation sites (tertiary alicyclic amines) is 1. The van der Waals surface area contributed by atoms with Crippen molar-refractivity contribution in [2.45, 2.75) is 67.9 Å². The first-order valence-corrected chi connectivity index (χ1v) is 18.3. The predicted molar refractivity (Wildman–Crippen MR) is 205 cm³/mol. The molecule has 5 nitrogen and oxygen atoms in total. The van der Waals surface area contributed by atoms with Crippen molar-refractivity contribution in [1.82, 2.24) is 9.80 Å². The summed E-state index contributed by atoms with van der Waals surface area (Å²) in [5.74, 6) is -0.289. The van der Waals surface area contributed by atoms with Crippen LogP contribution < -0.4 is 4.90 Å². The molecule has 0 saturated carbocycles. The van der Waals surface area contributed by atoms with Crippen molar-refractivity contribution in [3.63, 3.8) is 0 Å². The number of piperidine rings is 1. The van der Waals surface area contributed by atoms with Crippen LogP contribution in [0.2, 0.25) is 5.02 Å². The number of fused-ring (bicyclic) bond motifs is 2. The number of likely N-dealkylation sites (N-methyl/N-ethyl adjacent to an activating group) is 1. The average molecular weight is 725 g/mol. The number of para-hydroxylation sites is 2. The van der Waals surface area contributed by atoms with Gasteiger partial charge < -0.3 is 14.9 Å². The van der Waals surface area contributed by atoms with Crippen LogP contribution in [-0.4, -0.2) is 66.0 Å².